The second kappa shape index (κ2) is 14.8. The Balaban J connectivity index is 0.00000420. The first kappa shape index (κ1) is 25.9. The molecule has 0 aliphatic carbocycles. The summed E-state index contributed by atoms with van der Waals surface area (Å²) in [5.74, 6) is 1.50. The number of nitrogens with one attached hydrogen (secondary N) is 2. The number of aliphatic imine (C=N–C) groups is 1. The summed E-state index contributed by atoms with van der Waals surface area (Å²) in [6.45, 7) is 10.7. The average Bonchev–Trinajstić information content (AvgIpc) is 2.70. The van der Waals surface area contributed by atoms with E-state index in [0.29, 0.717) is 12.0 Å². The van der Waals surface area contributed by atoms with Gasteiger partial charge in [-0.05, 0) is 31.2 Å². The van der Waals surface area contributed by atoms with Crippen LogP contribution in [0.3, 0.4) is 0 Å². The molecule has 1 aromatic heterocycles. The van der Waals surface area contributed by atoms with Gasteiger partial charge in [0.2, 0.25) is 5.56 Å². The van der Waals surface area contributed by atoms with Gasteiger partial charge in [0.25, 0.3) is 0 Å². The third-order valence-corrected chi connectivity index (χ3v) is 5.05. The summed E-state index contributed by atoms with van der Waals surface area (Å²) in [6, 6.07) is 5.77. The summed E-state index contributed by atoms with van der Waals surface area (Å²) in [5, 5.41) is 6.88. The minimum Gasteiger partial charge on any atom is -0.379 e. The first-order valence-electron chi connectivity index (χ1n) is 10.5. The van der Waals surface area contributed by atoms with Crippen LogP contribution in [0.15, 0.2) is 34.2 Å². The number of aryl methyl sites for hydroxylation is 1. The number of hydrogen-bond donors (Lipinski definition) is 2. The predicted molar refractivity (Wildman–Crippen MR) is 130 cm³/mol. The topological polar surface area (TPSA) is 70.9 Å². The van der Waals surface area contributed by atoms with E-state index >= 15 is 0 Å². The third kappa shape index (κ3) is 9.95. The number of morpholine rings is 1. The molecule has 0 bridgehead atoms. The van der Waals surface area contributed by atoms with Crippen molar-refractivity contribution in [3.05, 3.63) is 34.7 Å². The van der Waals surface area contributed by atoms with Gasteiger partial charge in [0, 0.05) is 58.1 Å². The highest BCUT2D eigenvalue weighted by Crippen LogP contribution is 2.12. The summed E-state index contributed by atoms with van der Waals surface area (Å²) in [4.78, 5) is 18.6. The largest absolute Gasteiger partial charge is 0.379 e. The fourth-order valence-electron chi connectivity index (χ4n) is 3.54. The first-order chi connectivity index (χ1) is 13.6. The molecule has 1 aliphatic heterocycles. The van der Waals surface area contributed by atoms with E-state index in [4.69, 9.17) is 4.74 Å². The van der Waals surface area contributed by atoms with Crippen molar-refractivity contribution in [3.63, 3.8) is 0 Å². The van der Waals surface area contributed by atoms with Crippen LogP contribution in [0, 0.1) is 5.92 Å². The Bertz CT molecular complexity index is 644. The zero-order valence-electron chi connectivity index (χ0n) is 18.1. The highest BCUT2D eigenvalue weighted by molar-refractivity contribution is 14.0. The Hall–Kier alpha value is -1.13. The molecule has 0 aromatic carbocycles. The lowest BCUT2D eigenvalue weighted by atomic mass is 10.0. The van der Waals surface area contributed by atoms with Crippen molar-refractivity contribution < 1.29 is 4.74 Å². The summed E-state index contributed by atoms with van der Waals surface area (Å²) < 4.78 is 7.25. The molecule has 1 saturated heterocycles. The molecule has 1 aromatic rings. The number of ether oxygens (including phenoxy) is 1. The second-order valence-corrected chi connectivity index (χ2v) is 7.75. The van der Waals surface area contributed by atoms with E-state index in [1.165, 1.54) is 0 Å². The highest BCUT2D eigenvalue weighted by atomic mass is 127. The SMILES string of the molecule is CN=C(NCCCCn1ccccc1=O)NCC(CC(C)C)N1CCOCC1.I. The average molecular weight is 519 g/mol. The standard InChI is InChI=1S/C21H37N5O2.HI/c1-18(2)16-19(25-12-14-28-15-13-25)17-24-21(22-3)23-9-5-7-11-26-10-6-4-8-20(26)27;/h4,6,8,10,18-19H,5,7,9,11-17H2,1-3H3,(H2,22,23,24);1H. The zero-order valence-corrected chi connectivity index (χ0v) is 20.4. The number of nitrogens with zero attached hydrogens (tertiary/aromatic N) is 3. The molecule has 0 saturated carbocycles. The first-order valence-corrected chi connectivity index (χ1v) is 10.5. The lowest BCUT2D eigenvalue weighted by molar-refractivity contribution is 0.0132. The van der Waals surface area contributed by atoms with E-state index in [-0.39, 0.29) is 29.5 Å². The third-order valence-electron chi connectivity index (χ3n) is 5.05. The van der Waals surface area contributed by atoms with Crippen LogP contribution in [0.1, 0.15) is 33.1 Å². The van der Waals surface area contributed by atoms with Crippen molar-refractivity contribution in [2.75, 3.05) is 46.4 Å². The number of halogens is 1. The molecule has 2 heterocycles. The van der Waals surface area contributed by atoms with E-state index < -0.39 is 0 Å². The Labute approximate surface area is 192 Å². The van der Waals surface area contributed by atoms with Gasteiger partial charge in [0.15, 0.2) is 5.96 Å². The van der Waals surface area contributed by atoms with Crippen LogP contribution >= 0.6 is 24.0 Å². The quantitative estimate of drug-likeness (QED) is 0.215. The van der Waals surface area contributed by atoms with Gasteiger partial charge in [-0.15, -0.1) is 24.0 Å². The van der Waals surface area contributed by atoms with E-state index in [2.05, 4.69) is 34.4 Å². The number of aromatic nitrogens is 1. The van der Waals surface area contributed by atoms with E-state index in [9.17, 15) is 4.79 Å². The van der Waals surface area contributed by atoms with Gasteiger partial charge in [0.05, 0.1) is 13.2 Å². The fraction of sp³-hybridized carbons (Fsp3) is 0.714. The van der Waals surface area contributed by atoms with Gasteiger partial charge in [-0.25, -0.2) is 0 Å². The lowest BCUT2D eigenvalue weighted by Crippen LogP contribution is -2.51. The molecule has 1 fully saturated rings. The highest BCUT2D eigenvalue weighted by Gasteiger charge is 2.22. The van der Waals surface area contributed by atoms with Crippen molar-refractivity contribution in [3.8, 4) is 0 Å². The smallest absolute Gasteiger partial charge is 0.250 e. The molecule has 2 N–H and O–H groups in total. The Morgan fingerprint density at radius 2 is 1.97 bits per heavy atom. The van der Waals surface area contributed by atoms with Crippen LogP contribution in [0.4, 0.5) is 0 Å². The summed E-state index contributed by atoms with van der Waals surface area (Å²) >= 11 is 0. The minimum atomic E-state index is 0. The predicted octanol–water partition coefficient (Wildman–Crippen LogP) is 2.16. The lowest BCUT2D eigenvalue weighted by Gasteiger charge is -2.35. The molecule has 1 atom stereocenters. The van der Waals surface area contributed by atoms with Gasteiger partial charge in [-0.2, -0.15) is 0 Å². The molecule has 0 spiro atoms. The maximum atomic E-state index is 11.7. The summed E-state index contributed by atoms with van der Waals surface area (Å²) in [5.41, 5.74) is 0.0623. The van der Waals surface area contributed by atoms with Crippen molar-refractivity contribution in [1.82, 2.24) is 20.1 Å². The minimum absolute atomic E-state index is 0. The maximum absolute atomic E-state index is 11.7. The van der Waals surface area contributed by atoms with Crippen LogP contribution in [0.25, 0.3) is 0 Å². The molecular formula is C21H38IN5O2. The number of guanidine groups is 1. The second-order valence-electron chi connectivity index (χ2n) is 7.75. The molecule has 1 unspecified atom stereocenters. The maximum Gasteiger partial charge on any atom is 0.250 e. The number of unbranched alkanes of at least 4 members (excludes halogenated alkanes) is 1. The van der Waals surface area contributed by atoms with E-state index in [0.717, 1.165) is 71.2 Å². The zero-order chi connectivity index (χ0) is 20.2. The van der Waals surface area contributed by atoms with Crippen molar-refractivity contribution in [2.24, 2.45) is 10.9 Å². The molecule has 166 valence electrons. The molecule has 8 heteroatoms. The van der Waals surface area contributed by atoms with Gasteiger partial charge >= 0.3 is 0 Å². The van der Waals surface area contributed by atoms with E-state index in [1.54, 1.807) is 16.7 Å². The molecule has 7 nitrogen and oxygen atoms in total. The monoisotopic (exact) mass is 519 g/mol. The molecule has 0 radical (unpaired) electrons. The van der Waals surface area contributed by atoms with E-state index in [1.807, 2.05) is 19.3 Å². The van der Waals surface area contributed by atoms with Crippen LogP contribution in [-0.4, -0.2) is 67.9 Å². The van der Waals surface area contributed by atoms with Crippen LogP contribution in [-0.2, 0) is 11.3 Å². The van der Waals surface area contributed by atoms with Gasteiger partial charge < -0.3 is 19.9 Å². The van der Waals surface area contributed by atoms with Crippen LogP contribution in [0.5, 0.6) is 0 Å². The molecule has 29 heavy (non-hydrogen) atoms. The van der Waals surface area contributed by atoms with Crippen molar-refractivity contribution in [1.29, 1.82) is 0 Å². The fourth-order valence-corrected chi connectivity index (χ4v) is 3.54. The molecule has 0 amide bonds. The molecular weight excluding hydrogens is 481 g/mol. The summed E-state index contributed by atoms with van der Waals surface area (Å²) in [7, 11) is 1.81. The molecule has 1 aliphatic rings. The summed E-state index contributed by atoms with van der Waals surface area (Å²) in [6.07, 6.45) is 4.95. The van der Waals surface area contributed by atoms with Crippen LogP contribution < -0.4 is 16.2 Å². The number of hydrogen-bond acceptors (Lipinski definition) is 4. The number of pyridine rings is 1. The van der Waals surface area contributed by atoms with Gasteiger partial charge in [-0.3, -0.25) is 14.7 Å². The molecule has 2 rings (SSSR count). The van der Waals surface area contributed by atoms with Gasteiger partial charge in [0.1, 0.15) is 0 Å². The number of rotatable bonds is 10. The van der Waals surface area contributed by atoms with Crippen molar-refractivity contribution in [2.45, 2.75) is 45.7 Å². The van der Waals surface area contributed by atoms with Gasteiger partial charge in [-0.1, -0.05) is 19.9 Å². The Morgan fingerprint density at radius 1 is 1.21 bits per heavy atom. The van der Waals surface area contributed by atoms with Crippen molar-refractivity contribution >= 4 is 29.9 Å². The van der Waals surface area contributed by atoms with Crippen LogP contribution in [0.2, 0.25) is 0 Å². The normalized spacial score (nSPS) is 16.3. The Morgan fingerprint density at radius 3 is 2.62 bits per heavy atom. The Kier molecular flexibility index (Phi) is 13.2.